The minimum Gasteiger partial charge on any atom is -0.396 e. The van der Waals surface area contributed by atoms with E-state index >= 15 is 0 Å². The van der Waals surface area contributed by atoms with Gasteiger partial charge in [0.05, 0.1) is 0 Å². The molecule has 0 bridgehead atoms. The van der Waals surface area contributed by atoms with Crippen molar-refractivity contribution in [3.8, 4) is 0 Å². The third kappa shape index (κ3) is 11.9. The fourth-order valence-corrected chi connectivity index (χ4v) is 1.48. The van der Waals surface area contributed by atoms with E-state index in [0.717, 1.165) is 44.9 Å². The van der Waals surface area contributed by atoms with Gasteiger partial charge in [-0.2, -0.15) is 0 Å². The van der Waals surface area contributed by atoms with E-state index in [2.05, 4.69) is 0 Å². The highest BCUT2D eigenvalue weighted by molar-refractivity contribution is 4.47. The van der Waals surface area contributed by atoms with Gasteiger partial charge < -0.3 is 20.1 Å². The molecule has 0 aromatic carbocycles. The fourth-order valence-electron chi connectivity index (χ4n) is 1.48. The lowest BCUT2D eigenvalue weighted by Gasteiger charge is -2.11. The molecule has 4 nitrogen and oxygen atoms in total. The third-order valence-corrected chi connectivity index (χ3v) is 2.47. The molecule has 0 fully saturated rings. The summed E-state index contributed by atoms with van der Waals surface area (Å²) in [5.74, 6) is 0. The molecular weight excluding hydrogens is 208 g/mol. The summed E-state index contributed by atoms with van der Waals surface area (Å²) in [5.41, 5.74) is 0. The van der Waals surface area contributed by atoms with Gasteiger partial charge >= 0.3 is 0 Å². The zero-order valence-corrected chi connectivity index (χ0v) is 10.1. The molecule has 3 N–H and O–H groups in total. The van der Waals surface area contributed by atoms with Gasteiger partial charge in [-0.1, -0.05) is 19.3 Å². The van der Waals surface area contributed by atoms with Gasteiger partial charge in [-0.05, 0) is 32.1 Å². The van der Waals surface area contributed by atoms with Crippen LogP contribution in [0.15, 0.2) is 0 Å². The summed E-state index contributed by atoms with van der Waals surface area (Å²) in [6.45, 7) is 1.07. The van der Waals surface area contributed by atoms with Gasteiger partial charge in [-0.25, -0.2) is 0 Å². The van der Waals surface area contributed by atoms with E-state index in [1.807, 2.05) is 0 Å². The Bertz CT molecular complexity index is 130. The van der Waals surface area contributed by atoms with Crippen LogP contribution in [-0.2, 0) is 4.74 Å². The number of ether oxygens (including phenoxy) is 1. The number of unbranched alkanes of at least 4 members (excludes halogenated alkanes) is 5. The monoisotopic (exact) mass is 234 g/mol. The quantitative estimate of drug-likeness (QED) is 0.353. The van der Waals surface area contributed by atoms with Crippen molar-refractivity contribution in [2.45, 2.75) is 57.7 Å². The van der Waals surface area contributed by atoms with Crippen LogP contribution < -0.4 is 0 Å². The molecule has 0 amide bonds. The van der Waals surface area contributed by atoms with Gasteiger partial charge in [0.2, 0.25) is 0 Å². The van der Waals surface area contributed by atoms with Crippen LogP contribution in [0.1, 0.15) is 51.4 Å². The molecule has 0 spiro atoms. The van der Waals surface area contributed by atoms with Gasteiger partial charge in [0.1, 0.15) is 0 Å². The van der Waals surface area contributed by atoms with E-state index in [9.17, 15) is 5.11 Å². The Morgan fingerprint density at radius 3 is 1.94 bits per heavy atom. The first-order valence-electron chi connectivity index (χ1n) is 6.32. The normalized spacial score (nSPS) is 12.9. The maximum absolute atomic E-state index is 9.43. The van der Waals surface area contributed by atoms with Crippen LogP contribution >= 0.6 is 0 Å². The van der Waals surface area contributed by atoms with Crippen molar-refractivity contribution in [3.05, 3.63) is 0 Å². The summed E-state index contributed by atoms with van der Waals surface area (Å²) in [6, 6.07) is 0. The van der Waals surface area contributed by atoms with Gasteiger partial charge in [-0.15, -0.1) is 0 Å². The lowest BCUT2D eigenvalue weighted by molar-refractivity contribution is -0.105. The minimum atomic E-state index is -0.656. The summed E-state index contributed by atoms with van der Waals surface area (Å²) in [7, 11) is 0. The SMILES string of the molecule is OCCCCCCOC(O)CCCCCO. The average molecular weight is 234 g/mol. The molecule has 0 rings (SSSR count). The molecular formula is C12H26O4. The molecule has 1 atom stereocenters. The second-order valence-electron chi connectivity index (χ2n) is 4.04. The Kier molecular flexibility index (Phi) is 12.8. The van der Waals surface area contributed by atoms with Gasteiger partial charge in [0, 0.05) is 19.8 Å². The zero-order valence-electron chi connectivity index (χ0n) is 10.1. The molecule has 98 valence electrons. The van der Waals surface area contributed by atoms with Crippen LogP contribution in [0.4, 0.5) is 0 Å². The number of hydrogen-bond donors (Lipinski definition) is 3. The summed E-state index contributed by atoms with van der Waals surface area (Å²) >= 11 is 0. The molecule has 0 aromatic heterocycles. The molecule has 0 radical (unpaired) electrons. The number of aliphatic hydroxyl groups is 3. The van der Waals surface area contributed by atoms with Gasteiger partial charge in [-0.3, -0.25) is 0 Å². The predicted octanol–water partition coefficient (Wildman–Crippen LogP) is 1.43. The van der Waals surface area contributed by atoms with Crippen molar-refractivity contribution in [2.24, 2.45) is 0 Å². The Balaban J connectivity index is 3.08. The highest BCUT2D eigenvalue weighted by atomic mass is 16.6. The topological polar surface area (TPSA) is 69.9 Å². The zero-order chi connectivity index (χ0) is 12.1. The summed E-state index contributed by atoms with van der Waals surface area (Å²) in [5, 5.41) is 26.6. The lowest BCUT2D eigenvalue weighted by Crippen LogP contribution is -2.12. The van der Waals surface area contributed by atoms with E-state index in [-0.39, 0.29) is 13.2 Å². The summed E-state index contributed by atoms with van der Waals surface area (Å²) < 4.78 is 5.23. The summed E-state index contributed by atoms with van der Waals surface area (Å²) in [4.78, 5) is 0. The second-order valence-corrected chi connectivity index (χ2v) is 4.04. The highest BCUT2D eigenvalue weighted by Crippen LogP contribution is 2.06. The van der Waals surface area contributed by atoms with Crippen LogP contribution in [0.2, 0.25) is 0 Å². The van der Waals surface area contributed by atoms with Crippen molar-refractivity contribution in [1.29, 1.82) is 0 Å². The maximum Gasteiger partial charge on any atom is 0.154 e. The standard InChI is InChI=1S/C12H26O4/c13-9-5-1-2-7-11-16-12(15)8-4-3-6-10-14/h12-15H,1-11H2. The van der Waals surface area contributed by atoms with E-state index in [0.29, 0.717) is 13.0 Å². The average Bonchev–Trinajstić information content (AvgIpc) is 2.29. The molecule has 0 aliphatic carbocycles. The van der Waals surface area contributed by atoms with Crippen molar-refractivity contribution in [1.82, 2.24) is 0 Å². The van der Waals surface area contributed by atoms with Crippen molar-refractivity contribution in [2.75, 3.05) is 19.8 Å². The Morgan fingerprint density at radius 1 is 0.750 bits per heavy atom. The van der Waals surface area contributed by atoms with Gasteiger partial charge in [0.15, 0.2) is 6.29 Å². The molecule has 0 heterocycles. The molecule has 0 saturated heterocycles. The minimum absolute atomic E-state index is 0.224. The molecule has 1 unspecified atom stereocenters. The van der Waals surface area contributed by atoms with Crippen LogP contribution in [0.25, 0.3) is 0 Å². The van der Waals surface area contributed by atoms with Crippen LogP contribution in [0.5, 0.6) is 0 Å². The smallest absolute Gasteiger partial charge is 0.154 e. The highest BCUT2D eigenvalue weighted by Gasteiger charge is 2.02. The number of hydrogen-bond acceptors (Lipinski definition) is 4. The molecule has 0 saturated carbocycles. The van der Waals surface area contributed by atoms with Crippen molar-refractivity contribution < 1.29 is 20.1 Å². The largest absolute Gasteiger partial charge is 0.396 e. The number of rotatable bonds is 12. The van der Waals surface area contributed by atoms with E-state index in [4.69, 9.17) is 14.9 Å². The van der Waals surface area contributed by atoms with Crippen LogP contribution in [0, 0.1) is 0 Å². The molecule has 0 aromatic rings. The first-order chi connectivity index (χ1) is 7.81. The third-order valence-electron chi connectivity index (χ3n) is 2.47. The van der Waals surface area contributed by atoms with Crippen molar-refractivity contribution >= 4 is 0 Å². The second kappa shape index (κ2) is 12.9. The van der Waals surface area contributed by atoms with Crippen LogP contribution in [0.3, 0.4) is 0 Å². The van der Waals surface area contributed by atoms with Crippen molar-refractivity contribution in [3.63, 3.8) is 0 Å². The molecule has 0 aliphatic rings. The summed E-state index contributed by atoms with van der Waals surface area (Å²) in [6.07, 6.45) is 6.47. The Labute approximate surface area is 98.2 Å². The molecule has 4 heteroatoms. The maximum atomic E-state index is 9.43. The number of aliphatic hydroxyl groups excluding tert-OH is 3. The van der Waals surface area contributed by atoms with Crippen LogP contribution in [-0.4, -0.2) is 41.4 Å². The molecule has 16 heavy (non-hydrogen) atoms. The Morgan fingerprint density at radius 2 is 1.31 bits per heavy atom. The Hall–Kier alpha value is -0.160. The van der Waals surface area contributed by atoms with Gasteiger partial charge in [0.25, 0.3) is 0 Å². The fraction of sp³-hybridized carbons (Fsp3) is 1.00. The molecule has 0 aliphatic heterocycles. The lowest BCUT2D eigenvalue weighted by atomic mass is 10.2. The van der Waals surface area contributed by atoms with E-state index in [1.165, 1.54) is 0 Å². The predicted molar refractivity (Wildman–Crippen MR) is 63.1 cm³/mol. The first-order valence-corrected chi connectivity index (χ1v) is 6.32. The van der Waals surface area contributed by atoms with E-state index in [1.54, 1.807) is 0 Å². The first kappa shape index (κ1) is 15.8. The van der Waals surface area contributed by atoms with E-state index < -0.39 is 6.29 Å².